The van der Waals surface area contributed by atoms with E-state index in [1.165, 1.54) is 36.8 Å². The van der Waals surface area contributed by atoms with Crippen molar-refractivity contribution in [3.63, 3.8) is 0 Å². The highest BCUT2D eigenvalue weighted by molar-refractivity contribution is 5.39. The Morgan fingerprint density at radius 1 is 1.26 bits per heavy atom. The number of hydrogen-bond acceptors (Lipinski definition) is 2. The van der Waals surface area contributed by atoms with Crippen molar-refractivity contribution in [2.45, 2.75) is 57.9 Å². The zero-order valence-electron chi connectivity index (χ0n) is 12.5. The minimum absolute atomic E-state index is 0.316. The highest BCUT2D eigenvalue weighted by Crippen LogP contribution is 2.30. The van der Waals surface area contributed by atoms with E-state index in [4.69, 9.17) is 10.5 Å². The van der Waals surface area contributed by atoms with Crippen molar-refractivity contribution < 1.29 is 4.74 Å². The highest BCUT2D eigenvalue weighted by atomic mass is 16.5. The van der Waals surface area contributed by atoms with Crippen molar-refractivity contribution in [1.29, 1.82) is 0 Å². The van der Waals surface area contributed by atoms with Crippen LogP contribution in [0, 0.1) is 5.92 Å². The van der Waals surface area contributed by atoms with Gasteiger partial charge in [0.1, 0.15) is 5.75 Å². The van der Waals surface area contributed by atoms with Crippen LogP contribution in [-0.2, 0) is 6.42 Å². The maximum Gasteiger partial charge on any atom is 0.122 e. The molecule has 2 nitrogen and oxygen atoms in total. The lowest BCUT2D eigenvalue weighted by atomic mass is 9.91. The van der Waals surface area contributed by atoms with Crippen LogP contribution in [0.15, 0.2) is 18.2 Å². The maximum atomic E-state index is 6.38. The summed E-state index contributed by atoms with van der Waals surface area (Å²) in [5, 5.41) is 0. The van der Waals surface area contributed by atoms with Crippen LogP contribution in [0.5, 0.6) is 5.75 Å². The molecule has 2 rings (SSSR count). The molecule has 0 heterocycles. The third kappa shape index (κ3) is 3.50. The summed E-state index contributed by atoms with van der Waals surface area (Å²) in [5.74, 6) is 2.20. The Hall–Kier alpha value is -1.02. The Kier molecular flexibility index (Phi) is 4.87. The molecular formula is C17H27NO. The molecule has 1 aliphatic carbocycles. The van der Waals surface area contributed by atoms with Crippen LogP contribution >= 0.6 is 0 Å². The minimum atomic E-state index is 0.316. The first-order chi connectivity index (χ1) is 9.11. The summed E-state index contributed by atoms with van der Waals surface area (Å²) in [6.45, 7) is 4.41. The number of methoxy groups -OCH3 is 1. The van der Waals surface area contributed by atoms with Crippen molar-refractivity contribution in [2.75, 3.05) is 7.11 Å². The quantitative estimate of drug-likeness (QED) is 0.873. The second kappa shape index (κ2) is 6.42. The van der Waals surface area contributed by atoms with E-state index >= 15 is 0 Å². The highest BCUT2D eigenvalue weighted by Gasteiger charge is 2.22. The van der Waals surface area contributed by atoms with Crippen molar-refractivity contribution in [3.05, 3.63) is 29.3 Å². The summed E-state index contributed by atoms with van der Waals surface area (Å²) in [6, 6.07) is 6.85. The first kappa shape index (κ1) is 14.4. The van der Waals surface area contributed by atoms with Gasteiger partial charge >= 0.3 is 0 Å². The molecule has 19 heavy (non-hydrogen) atoms. The molecule has 0 spiro atoms. The Morgan fingerprint density at radius 2 is 1.95 bits per heavy atom. The molecule has 2 heteroatoms. The Morgan fingerprint density at radius 3 is 2.53 bits per heavy atom. The predicted molar refractivity (Wildman–Crippen MR) is 80.7 cm³/mol. The average molecular weight is 261 g/mol. The molecule has 1 aromatic rings. The van der Waals surface area contributed by atoms with Gasteiger partial charge in [0.25, 0.3) is 0 Å². The van der Waals surface area contributed by atoms with Gasteiger partial charge in [-0.3, -0.25) is 0 Å². The molecule has 1 atom stereocenters. The zero-order valence-corrected chi connectivity index (χ0v) is 12.5. The van der Waals surface area contributed by atoms with E-state index in [9.17, 15) is 0 Å². The molecule has 1 unspecified atom stereocenters. The Bertz CT molecular complexity index is 408. The normalized spacial score (nSPS) is 17.9. The van der Waals surface area contributed by atoms with Crippen LogP contribution in [0.1, 0.15) is 56.6 Å². The maximum absolute atomic E-state index is 6.38. The minimum Gasteiger partial charge on any atom is -0.496 e. The number of ether oxygens (including phenoxy) is 1. The van der Waals surface area contributed by atoms with Gasteiger partial charge in [-0.25, -0.2) is 0 Å². The molecule has 0 bridgehead atoms. The van der Waals surface area contributed by atoms with Gasteiger partial charge in [-0.1, -0.05) is 38.8 Å². The van der Waals surface area contributed by atoms with Crippen molar-refractivity contribution in [3.8, 4) is 5.75 Å². The molecule has 1 aromatic carbocycles. The lowest BCUT2D eigenvalue weighted by molar-refractivity contribution is 0.406. The third-order valence-corrected chi connectivity index (χ3v) is 4.39. The summed E-state index contributed by atoms with van der Waals surface area (Å²) in [5.41, 5.74) is 9.02. The van der Waals surface area contributed by atoms with Gasteiger partial charge in [0.05, 0.1) is 7.11 Å². The van der Waals surface area contributed by atoms with Gasteiger partial charge in [0.2, 0.25) is 0 Å². The molecule has 0 aliphatic heterocycles. The summed E-state index contributed by atoms with van der Waals surface area (Å²) in [6.07, 6.45) is 6.34. The van der Waals surface area contributed by atoms with E-state index < -0.39 is 0 Å². The van der Waals surface area contributed by atoms with Gasteiger partial charge in [0, 0.05) is 6.04 Å². The topological polar surface area (TPSA) is 35.2 Å². The predicted octanol–water partition coefficient (Wildman–Crippen LogP) is 3.88. The molecule has 0 amide bonds. The van der Waals surface area contributed by atoms with Gasteiger partial charge in [-0.2, -0.15) is 0 Å². The van der Waals surface area contributed by atoms with E-state index in [-0.39, 0.29) is 0 Å². The van der Waals surface area contributed by atoms with Crippen molar-refractivity contribution >= 4 is 0 Å². The van der Waals surface area contributed by atoms with Crippen LogP contribution in [-0.4, -0.2) is 13.2 Å². The molecule has 0 saturated heterocycles. The molecule has 1 aliphatic rings. The van der Waals surface area contributed by atoms with Gasteiger partial charge in [0.15, 0.2) is 0 Å². The Labute approximate surface area is 117 Å². The first-order valence-corrected chi connectivity index (χ1v) is 7.54. The first-order valence-electron chi connectivity index (χ1n) is 7.54. The monoisotopic (exact) mass is 261 g/mol. The molecule has 106 valence electrons. The number of hydrogen-bond donors (Lipinski definition) is 1. The van der Waals surface area contributed by atoms with Crippen molar-refractivity contribution in [2.24, 2.45) is 11.7 Å². The standard InChI is InChI=1S/C17H27NO/c1-12(2)15-10-13(8-9-17(15)19-3)11-16(18)14-6-4-5-7-14/h8-10,12,14,16H,4-7,11,18H2,1-3H3. The molecule has 0 radical (unpaired) electrons. The van der Waals surface area contributed by atoms with E-state index in [1.807, 2.05) is 0 Å². The Balaban J connectivity index is 2.09. The van der Waals surface area contributed by atoms with Crippen LogP contribution in [0.4, 0.5) is 0 Å². The summed E-state index contributed by atoms with van der Waals surface area (Å²) < 4.78 is 5.44. The van der Waals surface area contributed by atoms with E-state index in [0.29, 0.717) is 12.0 Å². The second-order valence-electron chi connectivity index (χ2n) is 6.14. The van der Waals surface area contributed by atoms with Crippen molar-refractivity contribution in [1.82, 2.24) is 0 Å². The largest absolute Gasteiger partial charge is 0.496 e. The fourth-order valence-electron chi connectivity index (χ4n) is 3.19. The number of nitrogens with two attached hydrogens (primary N) is 1. The molecule has 1 saturated carbocycles. The van der Waals surface area contributed by atoms with E-state index in [0.717, 1.165) is 18.1 Å². The summed E-state index contributed by atoms with van der Waals surface area (Å²) in [4.78, 5) is 0. The third-order valence-electron chi connectivity index (χ3n) is 4.39. The van der Waals surface area contributed by atoms with Gasteiger partial charge in [-0.05, 0) is 48.3 Å². The van der Waals surface area contributed by atoms with Gasteiger partial charge in [-0.15, -0.1) is 0 Å². The number of benzene rings is 1. The summed E-state index contributed by atoms with van der Waals surface area (Å²) >= 11 is 0. The smallest absolute Gasteiger partial charge is 0.122 e. The zero-order chi connectivity index (χ0) is 13.8. The van der Waals surface area contributed by atoms with E-state index in [1.54, 1.807) is 7.11 Å². The molecule has 1 fully saturated rings. The lowest BCUT2D eigenvalue weighted by Gasteiger charge is -2.20. The van der Waals surface area contributed by atoms with Crippen LogP contribution in [0.2, 0.25) is 0 Å². The van der Waals surface area contributed by atoms with Crippen LogP contribution in [0.3, 0.4) is 0 Å². The fraction of sp³-hybridized carbons (Fsp3) is 0.647. The average Bonchev–Trinajstić information content (AvgIpc) is 2.92. The summed E-state index contributed by atoms with van der Waals surface area (Å²) in [7, 11) is 1.74. The van der Waals surface area contributed by atoms with Gasteiger partial charge < -0.3 is 10.5 Å². The number of rotatable bonds is 5. The SMILES string of the molecule is COc1ccc(CC(N)C2CCCC2)cc1C(C)C. The molecule has 2 N–H and O–H groups in total. The molecular weight excluding hydrogens is 234 g/mol. The lowest BCUT2D eigenvalue weighted by Crippen LogP contribution is -2.30. The van der Waals surface area contributed by atoms with Crippen LogP contribution < -0.4 is 10.5 Å². The second-order valence-corrected chi connectivity index (χ2v) is 6.14. The van der Waals surface area contributed by atoms with E-state index in [2.05, 4.69) is 32.0 Å². The van der Waals surface area contributed by atoms with Crippen LogP contribution in [0.25, 0.3) is 0 Å². The fourth-order valence-corrected chi connectivity index (χ4v) is 3.19. The molecule has 0 aromatic heterocycles.